The second kappa shape index (κ2) is 14.5. The first-order valence-electron chi connectivity index (χ1n) is 14.1. The lowest BCUT2D eigenvalue weighted by molar-refractivity contribution is -0.140. The fourth-order valence-corrected chi connectivity index (χ4v) is 5.06. The van der Waals surface area contributed by atoms with E-state index < -0.39 is 47.3 Å². The van der Waals surface area contributed by atoms with Crippen LogP contribution in [0.15, 0.2) is 60.3 Å². The molecule has 1 amide bonds. The number of carbonyl (C=O) groups excluding carboxylic acids is 3. The van der Waals surface area contributed by atoms with Crippen LogP contribution in [-0.4, -0.2) is 81.7 Å². The number of nitrogens with one attached hydrogen (secondary N) is 1. The number of nitrogens with zero attached hydrogens (tertiary/aromatic N) is 2. The largest absolute Gasteiger partial charge is 0.439 e. The average Bonchev–Trinajstić information content (AvgIpc) is 2.94. The van der Waals surface area contributed by atoms with E-state index in [1.807, 2.05) is 50.3 Å². The van der Waals surface area contributed by atoms with Crippen molar-refractivity contribution in [1.82, 2.24) is 15.2 Å². The summed E-state index contributed by atoms with van der Waals surface area (Å²) in [4.78, 5) is 45.1. The van der Waals surface area contributed by atoms with E-state index in [0.29, 0.717) is 31.8 Å². The molecular formula is C31H43N3O6. The smallest absolute Gasteiger partial charge is 0.410 e. The summed E-state index contributed by atoms with van der Waals surface area (Å²) in [6.45, 7) is 9.52. The molecule has 1 saturated heterocycles. The van der Waals surface area contributed by atoms with Crippen LogP contribution in [0.3, 0.4) is 0 Å². The molecule has 0 radical (unpaired) electrons. The molecule has 40 heavy (non-hydrogen) atoms. The molecule has 1 aromatic rings. The Kier molecular flexibility index (Phi) is 11.4. The van der Waals surface area contributed by atoms with Crippen LogP contribution >= 0.6 is 0 Å². The highest BCUT2D eigenvalue weighted by atomic mass is 16.6. The number of aliphatic hydroxyl groups excluding tert-OH is 1. The van der Waals surface area contributed by atoms with E-state index in [9.17, 15) is 24.6 Å². The molecule has 0 unspecified atom stereocenters. The van der Waals surface area contributed by atoms with E-state index in [2.05, 4.69) is 10.3 Å². The Balaban J connectivity index is 1.87. The Labute approximate surface area is 237 Å². The zero-order chi connectivity index (χ0) is 29.3. The third-order valence-electron chi connectivity index (χ3n) is 7.70. The van der Waals surface area contributed by atoms with Crippen LogP contribution in [0.25, 0.3) is 0 Å². The molecule has 1 fully saturated rings. The Bertz CT molecular complexity index is 1110. The molecule has 3 rings (SSSR count). The number of aliphatic hydroxyl groups is 2. The normalized spacial score (nSPS) is 30.9. The van der Waals surface area contributed by atoms with Gasteiger partial charge in [0.05, 0.1) is 12.0 Å². The van der Waals surface area contributed by atoms with Crippen molar-refractivity contribution < 1.29 is 29.3 Å². The van der Waals surface area contributed by atoms with E-state index in [0.717, 1.165) is 5.69 Å². The number of carbonyl (C=O) groups is 3. The van der Waals surface area contributed by atoms with Crippen molar-refractivity contribution in [2.75, 3.05) is 26.2 Å². The summed E-state index contributed by atoms with van der Waals surface area (Å²) in [5.74, 6) is -2.38. The number of ether oxygens (including phenoxy) is 1. The van der Waals surface area contributed by atoms with Crippen molar-refractivity contribution >= 4 is 17.7 Å². The second-order valence-electron chi connectivity index (χ2n) is 11.1. The fraction of sp³-hybridized carbons (Fsp3) is 0.548. The molecule has 0 spiro atoms. The summed E-state index contributed by atoms with van der Waals surface area (Å²) >= 11 is 0. The first kappa shape index (κ1) is 31.4. The van der Waals surface area contributed by atoms with Gasteiger partial charge in [0.1, 0.15) is 5.60 Å². The van der Waals surface area contributed by atoms with Crippen molar-refractivity contribution in [2.24, 2.45) is 11.8 Å². The lowest BCUT2D eigenvalue weighted by atomic mass is 9.79. The SMILES string of the molecule is C/C(=C\C=C\[C@H](C)c1ccccn1)[C@H]1C(=O)C(=O)C[C@@H](O)CC[C@](C)(O)[C@@H](OC(=O)N2CCNCC2)/C=C/[C@@H]1C. The predicted molar refractivity (Wildman–Crippen MR) is 153 cm³/mol. The molecule has 1 aliphatic heterocycles. The highest BCUT2D eigenvalue weighted by Crippen LogP contribution is 2.29. The lowest BCUT2D eigenvalue weighted by Gasteiger charge is -2.35. The minimum absolute atomic E-state index is 0.0553. The maximum absolute atomic E-state index is 13.4. The second-order valence-corrected chi connectivity index (χ2v) is 11.1. The summed E-state index contributed by atoms with van der Waals surface area (Å²) in [5, 5.41) is 25.0. The highest BCUT2D eigenvalue weighted by molar-refractivity contribution is 6.38. The van der Waals surface area contributed by atoms with Crippen molar-refractivity contribution in [3.63, 3.8) is 0 Å². The number of rotatable bonds is 5. The molecule has 9 heteroatoms. The minimum Gasteiger partial charge on any atom is -0.439 e. The first-order chi connectivity index (χ1) is 19.0. The summed E-state index contributed by atoms with van der Waals surface area (Å²) in [6, 6.07) is 5.73. The molecule has 2 aliphatic rings. The van der Waals surface area contributed by atoms with Crippen LogP contribution in [-0.2, 0) is 14.3 Å². The van der Waals surface area contributed by atoms with Gasteiger partial charge in [-0.1, -0.05) is 49.8 Å². The number of hydrogen-bond donors (Lipinski definition) is 3. The van der Waals surface area contributed by atoms with E-state index in [-0.39, 0.29) is 25.2 Å². The Hall–Kier alpha value is -3.14. The van der Waals surface area contributed by atoms with Gasteiger partial charge in [0.15, 0.2) is 6.10 Å². The van der Waals surface area contributed by atoms with Gasteiger partial charge in [0, 0.05) is 50.4 Å². The van der Waals surface area contributed by atoms with Gasteiger partial charge in [-0.15, -0.1) is 0 Å². The van der Waals surface area contributed by atoms with Crippen molar-refractivity contribution in [2.45, 2.75) is 70.7 Å². The molecule has 3 N–H and O–H groups in total. The fourth-order valence-electron chi connectivity index (χ4n) is 5.06. The number of pyridine rings is 1. The number of allylic oxidation sites excluding steroid dienone is 5. The standard InChI is InChI=1S/C31H43N3O6/c1-21(25-10-5-6-15-33-25)8-7-9-22(2)28-23(3)11-12-27(40-30(38)34-18-16-32-17-19-34)31(4,39)14-13-24(35)20-26(36)29(28)37/h5-12,15,21,23-24,27-28,32,35,39H,13-14,16-20H2,1-4H3/b8-7+,12-11+,22-9+/t21-,23-,24-,27-,28+,31-/m0/s1. The average molecular weight is 554 g/mol. The van der Waals surface area contributed by atoms with Crippen LogP contribution in [0, 0.1) is 11.8 Å². The van der Waals surface area contributed by atoms with Gasteiger partial charge >= 0.3 is 6.09 Å². The Morgan fingerprint density at radius 1 is 1.25 bits per heavy atom. The van der Waals surface area contributed by atoms with Crippen LogP contribution in [0.1, 0.15) is 58.6 Å². The zero-order valence-corrected chi connectivity index (χ0v) is 24.0. The monoisotopic (exact) mass is 553 g/mol. The molecule has 0 bridgehead atoms. The molecule has 0 aromatic carbocycles. The number of hydrogen-bond acceptors (Lipinski definition) is 8. The number of amides is 1. The van der Waals surface area contributed by atoms with Gasteiger partial charge in [-0.25, -0.2) is 4.79 Å². The molecule has 2 heterocycles. The number of ketones is 2. The molecular weight excluding hydrogens is 510 g/mol. The van der Waals surface area contributed by atoms with Crippen LogP contribution in [0.5, 0.6) is 0 Å². The van der Waals surface area contributed by atoms with Crippen LogP contribution in [0.4, 0.5) is 4.79 Å². The molecule has 1 aromatic heterocycles. The Morgan fingerprint density at radius 3 is 2.65 bits per heavy atom. The van der Waals surface area contributed by atoms with Crippen molar-refractivity contribution in [3.8, 4) is 0 Å². The first-order valence-corrected chi connectivity index (χ1v) is 14.1. The maximum atomic E-state index is 13.4. The molecule has 6 atom stereocenters. The summed E-state index contributed by atoms with van der Waals surface area (Å²) < 4.78 is 5.77. The van der Waals surface area contributed by atoms with Crippen LogP contribution in [0.2, 0.25) is 0 Å². The number of aromatic nitrogens is 1. The zero-order valence-electron chi connectivity index (χ0n) is 24.0. The van der Waals surface area contributed by atoms with Gasteiger partial charge in [-0.2, -0.15) is 0 Å². The van der Waals surface area contributed by atoms with Gasteiger partial charge in [0.2, 0.25) is 11.6 Å². The summed E-state index contributed by atoms with van der Waals surface area (Å²) in [7, 11) is 0. The highest BCUT2D eigenvalue weighted by Gasteiger charge is 2.38. The summed E-state index contributed by atoms with van der Waals surface area (Å²) in [6.07, 6.45) is 7.93. The van der Waals surface area contributed by atoms with Gasteiger partial charge in [-0.05, 0) is 50.8 Å². The number of piperazine rings is 1. The third-order valence-corrected chi connectivity index (χ3v) is 7.70. The summed E-state index contributed by atoms with van der Waals surface area (Å²) in [5.41, 5.74) is 0.117. The van der Waals surface area contributed by atoms with E-state index >= 15 is 0 Å². The molecule has 9 nitrogen and oxygen atoms in total. The van der Waals surface area contributed by atoms with Gasteiger partial charge in [-0.3, -0.25) is 14.6 Å². The molecule has 1 aliphatic carbocycles. The Morgan fingerprint density at radius 2 is 1.98 bits per heavy atom. The van der Waals surface area contributed by atoms with Gasteiger partial charge < -0.3 is 25.2 Å². The van der Waals surface area contributed by atoms with Gasteiger partial charge in [0.25, 0.3) is 0 Å². The van der Waals surface area contributed by atoms with Crippen LogP contribution < -0.4 is 5.32 Å². The van der Waals surface area contributed by atoms with E-state index in [4.69, 9.17) is 4.74 Å². The van der Waals surface area contributed by atoms with E-state index in [1.54, 1.807) is 37.1 Å². The quantitative estimate of drug-likeness (QED) is 0.288. The third kappa shape index (κ3) is 8.68. The molecule has 0 saturated carbocycles. The predicted octanol–water partition coefficient (Wildman–Crippen LogP) is 3.34. The van der Waals surface area contributed by atoms with E-state index in [1.165, 1.54) is 0 Å². The van der Waals surface area contributed by atoms with Crippen molar-refractivity contribution in [1.29, 1.82) is 0 Å². The lowest BCUT2D eigenvalue weighted by Crippen LogP contribution is -2.50. The topological polar surface area (TPSA) is 129 Å². The number of Topliss-reactive ketones (excluding diaryl/α,β-unsaturated/α-hetero) is 2. The van der Waals surface area contributed by atoms with Crippen molar-refractivity contribution in [3.05, 3.63) is 66.0 Å². The maximum Gasteiger partial charge on any atom is 0.410 e. The minimum atomic E-state index is -1.49. The molecule has 218 valence electrons.